The quantitative estimate of drug-likeness (QED) is 0.520. The van der Waals surface area contributed by atoms with Gasteiger partial charge in [-0.3, -0.25) is 9.59 Å². The van der Waals surface area contributed by atoms with Crippen molar-refractivity contribution >= 4 is 29.2 Å². The van der Waals surface area contributed by atoms with E-state index in [4.69, 9.17) is 11.6 Å². The lowest BCUT2D eigenvalue weighted by Gasteiger charge is -2.26. The third-order valence-corrected chi connectivity index (χ3v) is 5.37. The van der Waals surface area contributed by atoms with Gasteiger partial charge in [-0.15, -0.1) is 0 Å². The van der Waals surface area contributed by atoms with E-state index >= 15 is 0 Å². The van der Waals surface area contributed by atoms with Crippen molar-refractivity contribution in [2.24, 2.45) is 0 Å². The van der Waals surface area contributed by atoms with Crippen molar-refractivity contribution in [2.75, 3.05) is 11.9 Å². The molecule has 1 aromatic heterocycles. The molecule has 8 heteroatoms. The zero-order valence-electron chi connectivity index (χ0n) is 19.4. The van der Waals surface area contributed by atoms with Crippen LogP contribution in [-0.4, -0.2) is 39.1 Å². The highest BCUT2D eigenvalue weighted by Crippen LogP contribution is 2.27. The number of benzene rings is 2. The molecular formula is C25H28ClFN4O2. The Balaban J connectivity index is 1.88. The number of amides is 2. The number of carbonyl (C=O) groups excluding carboxylic acids is 2. The molecule has 0 spiro atoms. The molecule has 0 aliphatic carbocycles. The lowest BCUT2D eigenvalue weighted by atomic mass is 9.92. The van der Waals surface area contributed by atoms with Crippen molar-refractivity contribution in [1.82, 2.24) is 14.7 Å². The number of halogens is 2. The van der Waals surface area contributed by atoms with E-state index in [1.54, 1.807) is 48.9 Å². The van der Waals surface area contributed by atoms with E-state index in [9.17, 15) is 14.0 Å². The molecule has 6 nitrogen and oxygen atoms in total. The monoisotopic (exact) mass is 470 g/mol. The van der Waals surface area contributed by atoms with Crippen LogP contribution in [0.15, 0.2) is 54.6 Å². The first-order valence-corrected chi connectivity index (χ1v) is 11.1. The Hall–Kier alpha value is -3.19. The van der Waals surface area contributed by atoms with Crippen LogP contribution in [0.3, 0.4) is 0 Å². The third kappa shape index (κ3) is 5.79. The van der Waals surface area contributed by atoms with Crippen LogP contribution in [0.25, 0.3) is 5.69 Å². The minimum atomic E-state index is -0.621. The molecule has 1 N–H and O–H groups in total. The summed E-state index contributed by atoms with van der Waals surface area (Å²) in [6, 6.07) is 14.3. The Kier molecular flexibility index (Phi) is 7.22. The normalized spacial score (nSPS) is 11.5. The molecule has 2 amide bonds. The average Bonchev–Trinajstić information content (AvgIpc) is 3.16. The number of aromatic nitrogens is 2. The second-order valence-electron chi connectivity index (χ2n) is 9.11. The summed E-state index contributed by atoms with van der Waals surface area (Å²) in [5.41, 5.74) is 1.20. The van der Waals surface area contributed by atoms with Gasteiger partial charge in [-0.1, -0.05) is 44.5 Å². The van der Waals surface area contributed by atoms with Crippen molar-refractivity contribution < 1.29 is 14.0 Å². The maximum atomic E-state index is 14.2. The molecule has 0 saturated carbocycles. The van der Waals surface area contributed by atoms with Crippen LogP contribution in [-0.2, 0) is 10.2 Å². The third-order valence-electron chi connectivity index (χ3n) is 5.12. The first kappa shape index (κ1) is 24.5. The summed E-state index contributed by atoms with van der Waals surface area (Å²) < 4.78 is 15.8. The molecule has 0 aliphatic heterocycles. The number of nitrogens with zero attached hydrogens (tertiary/aromatic N) is 3. The standard InChI is InChI=1S/C25H28ClFN4O2/c1-16(2)30(24(33)19-8-6-7-9-20(19)27)15-23(32)28-22-14-21(25(3,4)5)29-31(22)18-12-10-17(26)11-13-18/h6-14,16H,15H2,1-5H3,(H,28,32). The number of rotatable bonds is 6. The minimum absolute atomic E-state index is 0.0692. The van der Waals surface area contributed by atoms with E-state index in [0.717, 1.165) is 11.4 Å². The van der Waals surface area contributed by atoms with Crippen molar-refractivity contribution in [2.45, 2.75) is 46.1 Å². The minimum Gasteiger partial charge on any atom is -0.327 e. The smallest absolute Gasteiger partial charge is 0.257 e. The lowest BCUT2D eigenvalue weighted by molar-refractivity contribution is -0.117. The lowest BCUT2D eigenvalue weighted by Crippen LogP contribution is -2.42. The molecule has 1 heterocycles. The summed E-state index contributed by atoms with van der Waals surface area (Å²) in [5, 5.41) is 8.12. The van der Waals surface area contributed by atoms with E-state index in [1.165, 1.54) is 23.1 Å². The topological polar surface area (TPSA) is 67.2 Å². The molecular weight excluding hydrogens is 443 g/mol. The van der Waals surface area contributed by atoms with E-state index in [-0.39, 0.29) is 23.6 Å². The van der Waals surface area contributed by atoms with Gasteiger partial charge in [0.25, 0.3) is 5.91 Å². The van der Waals surface area contributed by atoms with E-state index in [0.29, 0.717) is 10.8 Å². The van der Waals surface area contributed by atoms with Gasteiger partial charge in [-0.2, -0.15) is 5.10 Å². The van der Waals surface area contributed by atoms with Crippen LogP contribution < -0.4 is 5.32 Å². The molecule has 0 atom stereocenters. The summed E-state index contributed by atoms with van der Waals surface area (Å²) in [6.07, 6.45) is 0. The Morgan fingerprint density at radius 3 is 2.33 bits per heavy atom. The van der Waals surface area contributed by atoms with Gasteiger partial charge in [0.15, 0.2) is 0 Å². The van der Waals surface area contributed by atoms with Crippen molar-refractivity contribution in [3.63, 3.8) is 0 Å². The Labute approximate surface area is 198 Å². The van der Waals surface area contributed by atoms with Gasteiger partial charge < -0.3 is 10.2 Å². The number of nitrogens with one attached hydrogen (secondary N) is 1. The van der Waals surface area contributed by atoms with Crippen molar-refractivity contribution in [3.8, 4) is 5.69 Å². The molecule has 0 aliphatic rings. The molecule has 0 saturated heterocycles. The van der Waals surface area contributed by atoms with Crippen LogP contribution in [0.5, 0.6) is 0 Å². The number of carbonyl (C=O) groups is 2. The van der Waals surface area contributed by atoms with Crippen molar-refractivity contribution in [1.29, 1.82) is 0 Å². The largest absolute Gasteiger partial charge is 0.327 e. The van der Waals surface area contributed by atoms with Gasteiger partial charge in [0, 0.05) is 22.5 Å². The molecule has 0 radical (unpaired) electrons. The Morgan fingerprint density at radius 2 is 1.76 bits per heavy atom. The summed E-state index contributed by atoms with van der Waals surface area (Å²) in [4.78, 5) is 27.2. The predicted molar refractivity (Wildman–Crippen MR) is 128 cm³/mol. The highest BCUT2D eigenvalue weighted by molar-refractivity contribution is 6.30. The summed E-state index contributed by atoms with van der Waals surface area (Å²) in [6.45, 7) is 9.41. The van der Waals surface area contributed by atoms with Crippen LogP contribution in [0, 0.1) is 5.82 Å². The zero-order valence-corrected chi connectivity index (χ0v) is 20.2. The van der Waals surface area contributed by atoms with Gasteiger partial charge in [0.05, 0.1) is 16.9 Å². The fourth-order valence-electron chi connectivity index (χ4n) is 3.23. The fourth-order valence-corrected chi connectivity index (χ4v) is 3.36. The Bertz CT molecular complexity index is 1150. The van der Waals surface area contributed by atoms with Crippen LogP contribution in [0.1, 0.15) is 50.7 Å². The summed E-state index contributed by atoms with van der Waals surface area (Å²) >= 11 is 6.02. The number of anilines is 1. The first-order valence-electron chi connectivity index (χ1n) is 10.7. The predicted octanol–water partition coefficient (Wildman–Crippen LogP) is 5.45. The maximum absolute atomic E-state index is 14.2. The van der Waals surface area contributed by atoms with Crippen molar-refractivity contribution in [3.05, 3.63) is 76.7 Å². The molecule has 174 valence electrons. The average molecular weight is 471 g/mol. The molecule has 3 rings (SSSR count). The zero-order chi connectivity index (χ0) is 24.3. The number of hydrogen-bond donors (Lipinski definition) is 1. The SMILES string of the molecule is CC(C)N(CC(=O)Nc1cc(C(C)(C)C)nn1-c1ccc(Cl)cc1)C(=O)c1ccccc1F. The molecule has 0 unspecified atom stereocenters. The van der Waals surface area contributed by atoms with Gasteiger partial charge in [0.1, 0.15) is 18.2 Å². The van der Waals surface area contributed by atoms with Crippen LogP contribution in [0.2, 0.25) is 5.02 Å². The van der Waals surface area contributed by atoms with Crippen LogP contribution in [0.4, 0.5) is 10.2 Å². The van der Waals surface area contributed by atoms with Gasteiger partial charge in [-0.25, -0.2) is 9.07 Å². The fraction of sp³-hybridized carbons (Fsp3) is 0.320. The Morgan fingerprint density at radius 1 is 1.12 bits per heavy atom. The molecule has 2 aromatic carbocycles. The second kappa shape index (κ2) is 9.75. The van der Waals surface area contributed by atoms with Gasteiger partial charge in [0.2, 0.25) is 5.91 Å². The molecule has 0 fully saturated rings. The van der Waals surface area contributed by atoms with Crippen LogP contribution >= 0.6 is 11.6 Å². The van der Waals surface area contributed by atoms with E-state index < -0.39 is 17.6 Å². The van der Waals surface area contributed by atoms with Gasteiger partial charge >= 0.3 is 0 Å². The van der Waals surface area contributed by atoms with Gasteiger partial charge in [-0.05, 0) is 50.2 Å². The first-order chi connectivity index (χ1) is 15.5. The highest BCUT2D eigenvalue weighted by Gasteiger charge is 2.26. The van der Waals surface area contributed by atoms with E-state index in [1.807, 2.05) is 26.8 Å². The summed E-state index contributed by atoms with van der Waals surface area (Å²) in [7, 11) is 0. The maximum Gasteiger partial charge on any atom is 0.257 e. The highest BCUT2D eigenvalue weighted by atomic mass is 35.5. The molecule has 3 aromatic rings. The molecule has 33 heavy (non-hydrogen) atoms. The molecule has 0 bridgehead atoms. The number of hydrogen-bond acceptors (Lipinski definition) is 3. The summed E-state index contributed by atoms with van der Waals surface area (Å²) in [5.74, 6) is -1.11. The second-order valence-corrected chi connectivity index (χ2v) is 9.54. The van der Waals surface area contributed by atoms with E-state index in [2.05, 4.69) is 10.4 Å².